The van der Waals surface area contributed by atoms with Crippen molar-refractivity contribution in [3.63, 3.8) is 0 Å². The van der Waals surface area contributed by atoms with Gasteiger partial charge in [-0.05, 0) is 19.1 Å². The second-order valence-electron chi connectivity index (χ2n) is 4.70. The van der Waals surface area contributed by atoms with Crippen molar-refractivity contribution in [2.24, 2.45) is 0 Å². The molecule has 0 atom stereocenters. The molecule has 1 rings (SSSR count). The van der Waals surface area contributed by atoms with E-state index in [2.05, 4.69) is 23.9 Å². The molecule has 0 fully saturated rings. The second-order valence-corrected chi connectivity index (χ2v) is 5.97. The third-order valence-corrected chi connectivity index (χ3v) is 5.23. The van der Waals surface area contributed by atoms with Gasteiger partial charge < -0.3 is 15.8 Å². The molecule has 120 valence electrons. The van der Waals surface area contributed by atoms with E-state index in [0.717, 1.165) is 18.9 Å². The minimum Gasteiger partial charge on any atom is -0.432 e. The molecule has 0 amide bonds. The average molecular weight is 322 g/mol. The topological polar surface area (TPSA) is 47.3 Å². The summed E-state index contributed by atoms with van der Waals surface area (Å²) in [6.45, 7) is 1.69. The van der Waals surface area contributed by atoms with Gasteiger partial charge in [0.1, 0.15) is 0 Å². The van der Waals surface area contributed by atoms with Crippen LogP contribution in [0.15, 0.2) is 12.1 Å². The van der Waals surface area contributed by atoms with Crippen LogP contribution >= 0.6 is 11.8 Å². The van der Waals surface area contributed by atoms with Crippen LogP contribution in [0.25, 0.3) is 0 Å². The van der Waals surface area contributed by atoms with Gasteiger partial charge in [0, 0.05) is 23.4 Å². The van der Waals surface area contributed by atoms with Gasteiger partial charge in [0.15, 0.2) is 11.6 Å². The van der Waals surface area contributed by atoms with E-state index in [1.54, 1.807) is 11.8 Å². The predicted octanol–water partition coefficient (Wildman–Crippen LogP) is 4.34. The van der Waals surface area contributed by atoms with Crippen LogP contribution in [0.4, 0.5) is 24.5 Å². The van der Waals surface area contributed by atoms with Crippen LogP contribution in [0.2, 0.25) is 0 Å². The highest BCUT2D eigenvalue weighted by atomic mass is 32.2. The van der Waals surface area contributed by atoms with Crippen molar-refractivity contribution < 1.29 is 17.9 Å². The summed E-state index contributed by atoms with van der Waals surface area (Å²) >= 11 is 1.73. The number of hydrogen-bond donors (Lipinski definition) is 2. The molecule has 0 aliphatic rings. The lowest BCUT2D eigenvalue weighted by atomic mass is 10.0. The van der Waals surface area contributed by atoms with Crippen molar-refractivity contribution in [3.8, 4) is 5.75 Å². The molecule has 0 saturated heterocycles. The van der Waals surface area contributed by atoms with Crippen LogP contribution in [0.3, 0.4) is 0 Å². The molecule has 0 spiro atoms. The zero-order chi connectivity index (χ0) is 16.0. The molecule has 0 bridgehead atoms. The minimum atomic E-state index is -3.08. The lowest BCUT2D eigenvalue weighted by Gasteiger charge is -2.30. The first-order valence-corrected chi connectivity index (χ1v) is 7.92. The molecule has 0 saturated carbocycles. The molecule has 3 N–H and O–H groups in total. The fourth-order valence-corrected chi connectivity index (χ4v) is 2.82. The van der Waals surface area contributed by atoms with Crippen LogP contribution < -0.4 is 15.8 Å². The van der Waals surface area contributed by atoms with E-state index >= 15 is 0 Å². The summed E-state index contributed by atoms with van der Waals surface area (Å²) in [6.07, 6.45) is 3.91. The van der Waals surface area contributed by atoms with Crippen LogP contribution in [-0.2, 0) is 0 Å². The summed E-state index contributed by atoms with van der Waals surface area (Å²) in [5.74, 6) is -1.41. The number of halogens is 3. The number of anilines is 2. The molecular formula is C14H21F3N2OS. The van der Waals surface area contributed by atoms with Gasteiger partial charge in [-0.25, -0.2) is 4.39 Å². The Hall–Kier alpha value is -1.24. The quantitative estimate of drug-likeness (QED) is 0.699. The third kappa shape index (κ3) is 4.62. The van der Waals surface area contributed by atoms with Crippen molar-refractivity contribution in [2.75, 3.05) is 23.9 Å². The fraction of sp³-hybridized carbons (Fsp3) is 0.571. The van der Waals surface area contributed by atoms with E-state index in [0.29, 0.717) is 12.2 Å². The minimum absolute atomic E-state index is 0.0184. The highest BCUT2D eigenvalue weighted by Crippen LogP contribution is 2.33. The van der Waals surface area contributed by atoms with Gasteiger partial charge in [0.25, 0.3) is 0 Å². The monoisotopic (exact) mass is 322 g/mol. The zero-order valence-corrected chi connectivity index (χ0v) is 13.2. The molecule has 7 heteroatoms. The Bertz CT molecular complexity index is 460. The molecule has 0 heterocycles. The number of hydrogen-bond acceptors (Lipinski definition) is 4. The number of nitrogens with one attached hydrogen (secondary N) is 1. The maximum atomic E-state index is 13.5. The number of thioether (sulfide) groups is 1. The van der Waals surface area contributed by atoms with E-state index in [9.17, 15) is 13.2 Å². The van der Waals surface area contributed by atoms with Crippen molar-refractivity contribution in [1.82, 2.24) is 0 Å². The molecular weight excluding hydrogens is 301 g/mol. The molecule has 0 unspecified atom stereocenters. The van der Waals surface area contributed by atoms with Crippen LogP contribution in [0, 0.1) is 5.82 Å². The summed E-state index contributed by atoms with van der Waals surface area (Å²) in [6, 6.07) is 2.16. The van der Waals surface area contributed by atoms with E-state index < -0.39 is 18.2 Å². The summed E-state index contributed by atoms with van der Waals surface area (Å²) in [7, 11) is 0. The Balaban J connectivity index is 2.92. The molecule has 0 aliphatic heterocycles. The van der Waals surface area contributed by atoms with Crippen LogP contribution in [0.5, 0.6) is 5.75 Å². The first kappa shape index (κ1) is 17.8. The van der Waals surface area contributed by atoms with Crippen molar-refractivity contribution in [2.45, 2.75) is 38.0 Å². The third-order valence-electron chi connectivity index (χ3n) is 3.64. The molecule has 0 aromatic heterocycles. The number of alkyl halides is 2. The highest BCUT2D eigenvalue weighted by Gasteiger charge is 2.25. The van der Waals surface area contributed by atoms with Gasteiger partial charge in [-0.1, -0.05) is 13.8 Å². The van der Waals surface area contributed by atoms with Crippen molar-refractivity contribution >= 4 is 23.1 Å². The first-order valence-electron chi connectivity index (χ1n) is 6.70. The SMILES string of the molecule is CCC(CC)(CNc1cc(OC(F)F)c(F)cc1N)SC. The van der Waals surface area contributed by atoms with E-state index in [1.807, 2.05) is 6.26 Å². The molecule has 0 aliphatic carbocycles. The Morgan fingerprint density at radius 1 is 1.33 bits per heavy atom. The maximum absolute atomic E-state index is 13.5. The van der Waals surface area contributed by atoms with E-state index in [-0.39, 0.29) is 10.4 Å². The first-order chi connectivity index (χ1) is 9.87. The van der Waals surface area contributed by atoms with Gasteiger partial charge >= 0.3 is 6.61 Å². The van der Waals surface area contributed by atoms with Crippen LogP contribution in [-0.4, -0.2) is 24.2 Å². The standard InChI is InChI=1S/C14H21F3N2OS/c1-4-14(5-2,21-3)8-19-11-7-12(20-13(16)17)9(15)6-10(11)18/h6-7,13,19H,4-5,8,18H2,1-3H3. The number of rotatable bonds is 8. The molecule has 21 heavy (non-hydrogen) atoms. The Morgan fingerprint density at radius 2 is 1.95 bits per heavy atom. The van der Waals surface area contributed by atoms with Gasteiger partial charge in [-0.15, -0.1) is 0 Å². The zero-order valence-electron chi connectivity index (χ0n) is 12.4. The molecule has 3 nitrogen and oxygen atoms in total. The summed E-state index contributed by atoms with van der Waals surface area (Å²) in [5.41, 5.74) is 6.28. The molecule has 1 aromatic rings. The fourth-order valence-electron chi connectivity index (χ4n) is 2.03. The lowest BCUT2D eigenvalue weighted by molar-refractivity contribution is -0.0521. The van der Waals surface area contributed by atoms with E-state index in [4.69, 9.17) is 5.73 Å². The number of benzene rings is 1. The predicted molar refractivity (Wildman–Crippen MR) is 82.8 cm³/mol. The largest absolute Gasteiger partial charge is 0.432 e. The second kappa shape index (κ2) is 7.68. The molecule has 0 radical (unpaired) electrons. The smallest absolute Gasteiger partial charge is 0.387 e. The lowest BCUT2D eigenvalue weighted by Crippen LogP contribution is -2.32. The molecule has 1 aromatic carbocycles. The van der Waals surface area contributed by atoms with Crippen LogP contribution in [0.1, 0.15) is 26.7 Å². The van der Waals surface area contributed by atoms with Gasteiger partial charge in [0.05, 0.1) is 11.4 Å². The maximum Gasteiger partial charge on any atom is 0.387 e. The Morgan fingerprint density at radius 3 is 2.43 bits per heavy atom. The van der Waals surface area contributed by atoms with Gasteiger partial charge in [-0.3, -0.25) is 0 Å². The average Bonchev–Trinajstić information content (AvgIpc) is 2.45. The normalized spacial score (nSPS) is 11.8. The van der Waals surface area contributed by atoms with E-state index in [1.165, 1.54) is 6.07 Å². The summed E-state index contributed by atoms with van der Waals surface area (Å²) < 4.78 is 42.1. The van der Waals surface area contributed by atoms with Crippen molar-refractivity contribution in [1.29, 1.82) is 0 Å². The number of nitrogens with two attached hydrogens (primary N) is 1. The Labute approximate surface area is 127 Å². The van der Waals surface area contributed by atoms with Gasteiger partial charge in [-0.2, -0.15) is 20.5 Å². The highest BCUT2D eigenvalue weighted by molar-refractivity contribution is 8.00. The van der Waals surface area contributed by atoms with Gasteiger partial charge in [0.2, 0.25) is 0 Å². The number of nitrogen functional groups attached to an aromatic ring is 1. The summed E-state index contributed by atoms with van der Waals surface area (Å²) in [5, 5.41) is 3.11. The summed E-state index contributed by atoms with van der Waals surface area (Å²) in [4.78, 5) is 0. The number of ether oxygens (including phenoxy) is 1. The van der Waals surface area contributed by atoms with Crippen molar-refractivity contribution in [3.05, 3.63) is 17.9 Å². The Kier molecular flexibility index (Phi) is 6.51.